The molecule has 0 fully saturated rings. The van der Waals surface area contributed by atoms with Gasteiger partial charge in [0.1, 0.15) is 0 Å². The SMILES string of the molecule is O=S(=O)(c1ccc2c(c1)C=NN(Cc1cccnc1O)C2)c1ccn(CCO)n1. The van der Waals surface area contributed by atoms with Crippen LogP contribution >= 0.6 is 0 Å². The predicted octanol–water partition coefficient (Wildman–Crippen LogP) is 1.16. The first-order valence-electron chi connectivity index (χ1n) is 8.91. The van der Waals surface area contributed by atoms with Crippen LogP contribution in [0.2, 0.25) is 0 Å². The highest BCUT2D eigenvalue weighted by molar-refractivity contribution is 7.91. The van der Waals surface area contributed by atoms with Gasteiger partial charge in [0, 0.05) is 23.5 Å². The summed E-state index contributed by atoms with van der Waals surface area (Å²) in [7, 11) is -3.77. The molecule has 1 aliphatic heterocycles. The molecular weight excluding hydrogens is 394 g/mol. The number of fused-ring (bicyclic) bond motifs is 1. The van der Waals surface area contributed by atoms with Gasteiger partial charge in [0.05, 0.1) is 37.4 Å². The molecule has 3 aromatic rings. The molecule has 2 aromatic heterocycles. The minimum Gasteiger partial charge on any atom is -0.493 e. The Bertz CT molecular complexity index is 1170. The highest BCUT2D eigenvalue weighted by Gasteiger charge is 2.23. The first-order chi connectivity index (χ1) is 14.0. The standard InChI is InChI=1S/C19H19N5O4S/c25-9-8-23-7-5-18(22-23)29(27,28)17-4-3-14-12-24(21-11-16(14)10-17)13-15-2-1-6-20-19(15)26/h1-7,10-11,25H,8-9,12-13H2,(H,20,26). The first kappa shape index (κ1) is 19.1. The fourth-order valence-electron chi connectivity index (χ4n) is 3.07. The summed E-state index contributed by atoms with van der Waals surface area (Å²) in [6.07, 6.45) is 4.65. The van der Waals surface area contributed by atoms with E-state index in [9.17, 15) is 13.5 Å². The van der Waals surface area contributed by atoms with E-state index >= 15 is 0 Å². The molecule has 1 aliphatic rings. The fraction of sp³-hybridized carbons (Fsp3) is 0.211. The lowest BCUT2D eigenvalue weighted by atomic mass is 10.1. The number of hydrogen-bond donors (Lipinski definition) is 2. The number of hydrazone groups is 1. The van der Waals surface area contributed by atoms with E-state index < -0.39 is 9.84 Å². The number of nitrogens with zero attached hydrogens (tertiary/aromatic N) is 5. The Balaban J connectivity index is 1.56. The van der Waals surface area contributed by atoms with Crippen LogP contribution in [0.4, 0.5) is 0 Å². The van der Waals surface area contributed by atoms with Crippen LogP contribution in [0.25, 0.3) is 0 Å². The molecule has 0 radical (unpaired) electrons. The Kier molecular flexibility index (Phi) is 5.03. The molecule has 0 saturated heterocycles. The van der Waals surface area contributed by atoms with Crippen molar-refractivity contribution in [1.82, 2.24) is 19.8 Å². The first-order valence-corrected chi connectivity index (χ1v) is 10.4. The Morgan fingerprint density at radius 3 is 2.83 bits per heavy atom. The monoisotopic (exact) mass is 413 g/mol. The molecule has 150 valence electrons. The van der Waals surface area contributed by atoms with Crippen molar-refractivity contribution in [3.8, 4) is 5.88 Å². The van der Waals surface area contributed by atoms with Gasteiger partial charge in [-0.25, -0.2) is 13.4 Å². The maximum absolute atomic E-state index is 12.9. The van der Waals surface area contributed by atoms with Gasteiger partial charge in [-0.05, 0) is 29.8 Å². The highest BCUT2D eigenvalue weighted by atomic mass is 32.2. The molecule has 1 aromatic carbocycles. The van der Waals surface area contributed by atoms with Crippen molar-refractivity contribution in [2.75, 3.05) is 6.61 Å². The molecular formula is C19H19N5O4S. The minimum absolute atomic E-state index is 0.0319. The molecule has 2 N–H and O–H groups in total. The number of rotatable bonds is 6. The number of hydrogen-bond acceptors (Lipinski definition) is 8. The van der Waals surface area contributed by atoms with E-state index in [2.05, 4.69) is 15.2 Å². The van der Waals surface area contributed by atoms with Crippen molar-refractivity contribution < 1.29 is 18.6 Å². The molecule has 9 nitrogen and oxygen atoms in total. The molecule has 4 rings (SSSR count). The summed E-state index contributed by atoms with van der Waals surface area (Å²) in [4.78, 5) is 3.99. The lowest BCUT2D eigenvalue weighted by molar-refractivity contribution is 0.262. The Morgan fingerprint density at radius 2 is 2.03 bits per heavy atom. The number of benzene rings is 1. The molecule has 0 spiro atoms. The second kappa shape index (κ2) is 7.64. The van der Waals surface area contributed by atoms with Crippen LogP contribution in [-0.4, -0.2) is 51.2 Å². The number of sulfone groups is 1. The smallest absolute Gasteiger partial charge is 0.225 e. The second-order valence-electron chi connectivity index (χ2n) is 6.56. The Morgan fingerprint density at radius 1 is 1.17 bits per heavy atom. The molecule has 29 heavy (non-hydrogen) atoms. The van der Waals surface area contributed by atoms with Crippen LogP contribution in [-0.2, 0) is 29.5 Å². The van der Waals surface area contributed by atoms with Crippen LogP contribution in [0, 0.1) is 0 Å². The van der Waals surface area contributed by atoms with Gasteiger partial charge in [-0.15, -0.1) is 0 Å². The summed E-state index contributed by atoms with van der Waals surface area (Å²) in [5.74, 6) is -0.0319. The topological polar surface area (TPSA) is 121 Å². The number of aromatic hydroxyl groups is 1. The molecule has 0 saturated carbocycles. The lowest BCUT2D eigenvalue weighted by Crippen LogP contribution is -2.22. The van der Waals surface area contributed by atoms with Crippen molar-refractivity contribution in [3.63, 3.8) is 0 Å². The van der Waals surface area contributed by atoms with Gasteiger partial charge in [-0.3, -0.25) is 9.69 Å². The molecule has 0 aliphatic carbocycles. The Labute approximate surface area is 167 Å². The van der Waals surface area contributed by atoms with E-state index in [0.29, 0.717) is 24.2 Å². The average Bonchev–Trinajstić information content (AvgIpc) is 3.19. The predicted molar refractivity (Wildman–Crippen MR) is 104 cm³/mol. The van der Waals surface area contributed by atoms with E-state index in [1.165, 1.54) is 23.1 Å². The van der Waals surface area contributed by atoms with Gasteiger partial charge in [0.25, 0.3) is 0 Å². The number of aromatic nitrogens is 3. The summed E-state index contributed by atoms with van der Waals surface area (Å²) >= 11 is 0. The van der Waals surface area contributed by atoms with Gasteiger partial charge in [-0.2, -0.15) is 10.2 Å². The number of aliphatic hydroxyl groups excluding tert-OH is 1. The van der Waals surface area contributed by atoms with Gasteiger partial charge >= 0.3 is 0 Å². The normalized spacial score (nSPS) is 13.5. The van der Waals surface area contributed by atoms with Gasteiger partial charge < -0.3 is 10.2 Å². The molecule has 0 bridgehead atoms. The van der Waals surface area contributed by atoms with Crippen molar-refractivity contribution in [1.29, 1.82) is 0 Å². The van der Waals surface area contributed by atoms with Crippen molar-refractivity contribution in [2.45, 2.75) is 29.6 Å². The van der Waals surface area contributed by atoms with Gasteiger partial charge in [0.15, 0.2) is 5.03 Å². The lowest BCUT2D eigenvalue weighted by Gasteiger charge is -2.24. The zero-order chi connectivity index (χ0) is 20.4. The molecule has 10 heteroatoms. The summed E-state index contributed by atoms with van der Waals surface area (Å²) in [5, 5.41) is 28.9. The molecule has 0 amide bonds. The van der Waals surface area contributed by atoms with E-state index in [-0.39, 0.29) is 29.0 Å². The number of pyridine rings is 1. The van der Waals surface area contributed by atoms with Crippen LogP contribution in [0.15, 0.2) is 63.8 Å². The van der Waals surface area contributed by atoms with E-state index in [0.717, 1.165) is 5.56 Å². The maximum atomic E-state index is 12.9. The molecule has 3 heterocycles. The van der Waals surface area contributed by atoms with Gasteiger partial charge in [0.2, 0.25) is 15.7 Å². The summed E-state index contributed by atoms with van der Waals surface area (Å²) in [6.45, 7) is 0.974. The summed E-state index contributed by atoms with van der Waals surface area (Å²) < 4.78 is 27.1. The Hall–Kier alpha value is -3.24. The number of aliphatic hydroxyl groups is 1. The largest absolute Gasteiger partial charge is 0.493 e. The molecule has 0 atom stereocenters. The van der Waals surface area contributed by atoms with Crippen LogP contribution in [0.5, 0.6) is 5.88 Å². The molecule has 0 unspecified atom stereocenters. The zero-order valence-electron chi connectivity index (χ0n) is 15.4. The summed E-state index contributed by atoms with van der Waals surface area (Å²) in [6, 6.07) is 9.83. The fourth-order valence-corrected chi connectivity index (χ4v) is 4.29. The minimum atomic E-state index is -3.77. The highest BCUT2D eigenvalue weighted by Crippen LogP contribution is 2.25. The third kappa shape index (κ3) is 3.84. The third-order valence-electron chi connectivity index (χ3n) is 4.58. The summed E-state index contributed by atoms with van der Waals surface area (Å²) in [5.41, 5.74) is 2.30. The van der Waals surface area contributed by atoms with Crippen LogP contribution in [0.1, 0.15) is 16.7 Å². The quantitative estimate of drug-likeness (QED) is 0.622. The third-order valence-corrected chi connectivity index (χ3v) is 6.22. The van der Waals surface area contributed by atoms with Crippen LogP contribution in [0.3, 0.4) is 0 Å². The van der Waals surface area contributed by atoms with E-state index in [4.69, 9.17) is 5.11 Å². The van der Waals surface area contributed by atoms with E-state index in [1.807, 2.05) is 0 Å². The van der Waals surface area contributed by atoms with Crippen LogP contribution < -0.4 is 0 Å². The van der Waals surface area contributed by atoms with E-state index in [1.54, 1.807) is 41.6 Å². The van der Waals surface area contributed by atoms with Crippen molar-refractivity contribution in [3.05, 3.63) is 65.5 Å². The second-order valence-corrected chi connectivity index (χ2v) is 8.45. The average molecular weight is 413 g/mol. The van der Waals surface area contributed by atoms with Gasteiger partial charge in [-0.1, -0.05) is 12.1 Å². The maximum Gasteiger partial charge on any atom is 0.225 e. The zero-order valence-corrected chi connectivity index (χ0v) is 16.2. The van der Waals surface area contributed by atoms with Crippen molar-refractivity contribution in [2.24, 2.45) is 5.10 Å². The van der Waals surface area contributed by atoms with Crippen molar-refractivity contribution >= 4 is 16.1 Å².